The molecule has 8 heteroatoms. The number of fused-ring (bicyclic) bond motifs is 1. The highest BCUT2D eigenvalue weighted by atomic mass is 16.5. The standard InChI is InChI=1S/C18H17N3O5/c1-11-18(25)21(13-7-3-5-9-15(13)26-11)10-16(23)19-20-17(24)12-6-2-4-8-14(12)22/h2-9,11,22H,10H2,1H3,(H,19,23)(H,20,24). The zero-order valence-corrected chi connectivity index (χ0v) is 13.9. The van der Waals surface area contributed by atoms with Gasteiger partial charge < -0.3 is 9.84 Å². The Labute approximate surface area is 149 Å². The van der Waals surface area contributed by atoms with Crippen LogP contribution in [0.1, 0.15) is 17.3 Å². The van der Waals surface area contributed by atoms with Gasteiger partial charge in [0.2, 0.25) is 0 Å². The number of phenolic OH excluding ortho intramolecular Hbond substituents is 1. The first-order valence-corrected chi connectivity index (χ1v) is 7.91. The Balaban J connectivity index is 1.66. The number of amides is 3. The maximum atomic E-state index is 12.3. The molecule has 134 valence electrons. The molecule has 1 aliphatic rings. The molecule has 1 unspecified atom stereocenters. The third-order valence-corrected chi connectivity index (χ3v) is 3.84. The van der Waals surface area contributed by atoms with Crippen LogP contribution in [0.15, 0.2) is 48.5 Å². The molecule has 26 heavy (non-hydrogen) atoms. The molecule has 0 saturated heterocycles. The van der Waals surface area contributed by atoms with Crippen molar-refractivity contribution in [2.45, 2.75) is 13.0 Å². The first-order chi connectivity index (χ1) is 12.5. The summed E-state index contributed by atoms with van der Waals surface area (Å²) in [6.45, 7) is 1.31. The molecular formula is C18H17N3O5. The molecule has 0 aromatic heterocycles. The topological polar surface area (TPSA) is 108 Å². The fraction of sp³-hybridized carbons (Fsp3) is 0.167. The number of hydrogen-bond donors (Lipinski definition) is 3. The van der Waals surface area contributed by atoms with Crippen molar-refractivity contribution in [3.63, 3.8) is 0 Å². The van der Waals surface area contributed by atoms with Gasteiger partial charge in [-0.2, -0.15) is 0 Å². The highest BCUT2D eigenvalue weighted by molar-refractivity contribution is 6.04. The number of carbonyl (C=O) groups is 3. The predicted octanol–water partition coefficient (Wildman–Crippen LogP) is 0.967. The summed E-state index contributed by atoms with van der Waals surface area (Å²) in [6, 6.07) is 12.8. The third kappa shape index (κ3) is 3.44. The van der Waals surface area contributed by atoms with Gasteiger partial charge in [-0.1, -0.05) is 24.3 Å². The molecule has 0 aliphatic carbocycles. The Hall–Kier alpha value is -3.55. The minimum absolute atomic E-state index is 0.0224. The van der Waals surface area contributed by atoms with E-state index in [1.807, 2.05) is 0 Å². The average Bonchev–Trinajstić information content (AvgIpc) is 2.64. The number of rotatable bonds is 3. The van der Waals surface area contributed by atoms with E-state index in [0.717, 1.165) is 0 Å². The summed E-state index contributed by atoms with van der Waals surface area (Å²) in [7, 11) is 0. The van der Waals surface area contributed by atoms with Crippen LogP contribution in [-0.4, -0.2) is 35.5 Å². The number of aromatic hydroxyl groups is 1. The van der Waals surface area contributed by atoms with Crippen LogP contribution >= 0.6 is 0 Å². The van der Waals surface area contributed by atoms with E-state index in [0.29, 0.717) is 11.4 Å². The number of para-hydroxylation sites is 3. The van der Waals surface area contributed by atoms with Crippen molar-refractivity contribution in [1.82, 2.24) is 10.9 Å². The van der Waals surface area contributed by atoms with Crippen LogP contribution in [0.3, 0.4) is 0 Å². The Morgan fingerprint density at radius 1 is 1.12 bits per heavy atom. The number of anilines is 1. The lowest BCUT2D eigenvalue weighted by Gasteiger charge is -2.32. The molecule has 1 atom stereocenters. The van der Waals surface area contributed by atoms with Crippen molar-refractivity contribution in [3.05, 3.63) is 54.1 Å². The molecule has 8 nitrogen and oxygen atoms in total. The molecule has 0 radical (unpaired) electrons. The zero-order valence-electron chi connectivity index (χ0n) is 13.9. The minimum Gasteiger partial charge on any atom is -0.507 e. The number of benzene rings is 2. The number of ether oxygens (including phenoxy) is 1. The van der Waals surface area contributed by atoms with Gasteiger partial charge >= 0.3 is 0 Å². The number of carbonyl (C=O) groups excluding carboxylic acids is 3. The normalized spacial score (nSPS) is 15.7. The lowest BCUT2D eigenvalue weighted by Crippen LogP contribution is -2.51. The van der Waals surface area contributed by atoms with Crippen LogP contribution in [0.4, 0.5) is 5.69 Å². The van der Waals surface area contributed by atoms with E-state index in [-0.39, 0.29) is 23.8 Å². The smallest absolute Gasteiger partial charge is 0.273 e. The summed E-state index contributed by atoms with van der Waals surface area (Å²) in [6.07, 6.45) is -0.714. The maximum absolute atomic E-state index is 12.3. The molecule has 3 amide bonds. The van der Waals surface area contributed by atoms with E-state index in [1.54, 1.807) is 43.3 Å². The summed E-state index contributed by atoms with van der Waals surface area (Å²) in [5, 5.41) is 9.64. The van der Waals surface area contributed by atoms with E-state index in [2.05, 4.69) is 10.9 Å². The Kier molecular flexibility index (Phi) is 4.74. The zero-order chi connectivity index (χ0) is 18.7. The second-order valence-electron chi connectivity index (χ2n) is 5.67. The molecule has 2 aromatic carbocycles. The van der Waals surface area contributed by atoms with Crippen LogP contribution < -0.4 is 20.5 Å². The summed E-state index contributed by atoms with van der Waals surface area (Å²) in [5.74, 6) is -1.31. The molecule has 2 aromatic rings. The van der Waals surface area contributed by atoms with Crippen LogP contribution in [0.2, 0.25) is 0 Å². The number of phenols is 1. The van der Waals surface area contributed by atoms with Crippen molar-refractivity contribution in [2.75, 3.05) is 11.4 Å². The predicted molar refractivity (Wildman–Crippen MR) is 92.6 cm³/mol. The van der Waals surface area contributed by atoms with Gasteiger partial charge in [-0.15, -0.1) is 0 Å². The fourth-order valence-corrected chi connectivity index (χ4v) is 2.56. The third-order valence-electron chi connectivity index (χ3n) is 3.84. The molecule has 3 rings (SSSR count). The van der Waals surface area contributed by atoms with Gasteiger partial charge in [-0.25, -0.2) is 0 Å². The number of nitrogens with zero attached hydrogens (tertiary/aromatic N) is 1. The Bertz CT molecular complexity index is 867. The molecular weight excluding hydrogens is 338 g/mol. The highest BCUT2D eigenvalue weighted by Gasteiger charge is 2.32. The molecule has 0 bridgehead atoms. The summed E-state index contributed by atoms with van der Waals surface area (Å²) >= 11 is 0. The van der Waals surface area contributed by atoms with Gasteiger partial charge in [0.1, 0.15) is 18.0 Å². The molecule has 1 heterocycles. The molecule has 3 N–H and O–H groups in total. The van der Waals surface area contributed by atoms with Crippen molar-refractivity contribution in [2.24, 2.45) is 0 Å². The first kappa shape index (κ1) is 17.3. The SMILES string of the molecule is CC1Oc2ccccc2N(CC(=O)NNC(=O)c2ccccc2O)C1=O. The average molecular weight is 355 g/mol. The van der Waals surface area contributed by atoms with E-state index >= 15 is 0 Å². The van der Waals surface area contributed by atoms with Gasteiger partial charge in [0.15, 0.2) is 6.10 Å². The largest absolute Gasteiger partial charge is 0.507 e. The second-order valence-corrected chi connectivity index (χ2v) is 5.67. The minimum atomic E-state index is -0.714. The van der Waals surface area contributed by atoms with Crippen molar-refractivity contribution < 1.29 is 24.2 Å². The molecule has 0 fully saturated rings. The number of nitrogens with one attached hydrogen (secondary N) is 2. The van der Waals surface area contributed by atoms with Crippen LogP contribution in [0, 0.1) is 0 Å². The van der Waals surface area contributed by atoms with E-state index in [4.69, 9.17) is 4.74 Å². The van der Waals surface area contributed by atoms with Gasteiger partial charge in [0, 0.05) is 0 Å². The molecule has 0 saturated carbocycles. The van der Waals surface area contributed by atoms with Crippen molar-refractivity contribution >= 4 is 23.4 Å². The highest BCUT2D eigenvalue weighted by Crippen LogP contribution is 2.33. The molecule has 1 aliphatic heterocycles. The quantitative estimate of drug-likeness (QED) is 0.711. The summed E-state index contributed by atoms with van der Waals surface area (Å²) in [4.78, 5) is 37.8. The number of hydrogen-bond acceptors (Lipinski definition) is 5. The molecule has 0 spiro atoms. The number of hydrazine groups is 1. The summed E-state index contributed by atoms with van der Waals surface area (Å²) < 4.78 is 5.50. The monoisotopic (exact) mass is 355 g/mol. The van der Waals surface area contributed by atoms with Crippen LogP contribution in [-0.2, 0) is 9.59 Å². The van der Waals surface area contributed by atoms with Gasteiger partial charge in [-0.3, -0.25) is 30.1 Å². The van der Waals surface area contributed by atoms with Crippen LogP contribution in [0.5, 0.6) is 11.5 Å². The van der Waals surface area contributed by atoms with Crippen molar-refractivity contribution in [3.8, 4) is 11.5 Å². The van der Waals surface area contributed by atoms with E-state index < -0.39 is 17.9 Å². The van der Waals surface area contributed by atoms with Crippen molar-refractivity contribution in [1.29, 1.82) is 0 Å². The first-order valence-electron chi connectivity index (χ1n) is 7.91. The maximum Gasteiger partial charge on any atom is 0.273 e. The van der Waals surface area contributed by atoms with E-state index in [9.17, 15) is 19.5 Å². The Morgan fingerprint density at radius 3 is 2.58 bits per heavy atom. The van der Waals surface area contributed by atoms with Crippen LogP contribution in [0.25, 0.3) is 0 Å². The van der Waals surface area contributed by atoms with Gasteiger partial charge in [-0.05, 0) is 31.2 Å². The Morgan fingerprint density at radius 2 is 1.81 bits per heavy atom. The lowest BCUT2D eigenvalue weighted by atomic mass is 10.2. The lowest BCUT2D eigenvalue weighted by molar-refractivity contribution is -0.128. The summed E-state index contributed by atoms with van der Waals surface area (Å²) in [5.41, 5.74) is 4.96. The van der Waals surface area contributed by atoms with E-state index in [1.165, 1.54) is 17.0 Å². The second kappa shape index (κ2) is 7.14. The fourth-order valence-electron chi connectivity index (χ4n) is 2.56. The van der Waals surface area contributed by atoms with Gasteiger partial charge in [0.05, 0.1) is 11.3 Å². The van der Waals surface area contributed by atoms with Gasteiger partial charge in [0.25, 0.3) is 17.7 Å².